The lowest BCUT2D eigenvalue weighted by Crippen LogP contribution is -2.41. The zero-order chi connectivity index (χ0) is 32.8. The van der Waals surface area contributed by atoms with Crippen molar-refractivity contribution in [1.82, 2.24) is 19.9 Å². The number of benzene rings is 3. The van der Waals surface area contributed by atoms with Gasteiger partial charge in [0.15, 0.2) is 5.60 Å². The molecule has 2 aromatic heterocycles. The third kappa shape index (κ3) is 7.81. The van der Waals surface area contributed by atoms with E-state index in [0.717, 1.165) is 11.2 Å². The quantitative estimate of drug-likeness (QED) is 0.141. The molecule has 13 heteroatoms. The Morgan fingerprint density at radius 3 is 2.68 bits per heavy atom. The average molecular weight is 721 g/mol. The first-order valence-electron chi connectivity index (χ1n) is 14.6. The van der Waals surface area contributed by atoms with Gasteiger partial charge in [0.1, 0.15) is 41.6 Å². The number of halogens is 3. The Bertz CT molecular complexity index is 2070. The summed E-state index contributed by atoms with van der Waals surface area (Å²) in [6.45, 7) is 0.567. The summed E-state index contributed by atoms with van der Waals surface area (Å²) in [5.74, 6) is 0.118. The summed E-state index contributed by atoms with van der Waals surface area (Å²) in [5, 5.41) is 3.82. The molecule has 0 radical (unpaired) electrons. The van der Waals surface area contributed by atoms with Crippen LogP contribution in [-0.2, 0) is 33.7 Å². The molecule has 3 aromatic carbocycles. The molecule has 0 amide bonds. The van der Waals surface area contributed by atoms with Gasteiger partial charge in [-0.15, -0.1) is 0 Å². The Labute approximate surface area is 279 Å². The van der Waals surface area contributed by atoms with Crippen molar-refractivity contribution >= 4 is 54.1 Å². The predicted molar refractivity (Wildman–Crippen MR) is 179 cm³/mol. The first kappa shape index (κ1) is 32.2. The summed E-state index contributed by atoms with van der Waals surface area (Å²) < 4.78 is 65.5. The van der Waals surface area contributed by atoms with Gasteiger partial charge in [0.05, 0.1) is 16.3 Å². The van der Waals surface area contributed by atoms with Crippen molar-refractivity contribution in [3.8, 4) is 5.75 Å². The van der Waals surface area contributed by atoms with Crippen molar-refractivity contribution in [3.05, 3.63) is 131 Å². The monoisotopic (exact) mass is 719 g/mol. The molecule has 1 N–H and O–H groups in total. The normalized spacial score (nSPS) is 15.5. The summed E-state index contributed by atoms with van der Waals surface area (Å²) in [5.41, 5.74) is 2.65. The van der Waals surface area contributed by atoms with Crippen LogP contribution in [0.5, 0.6) is 5.75 Å². The van der Waals surface area contributed by atoms with E-state index in [4.69, 9.17) is 9.47 Å². The van der Waals surface area contributed by atoms with Crippen molar-refractivity contribution in [2.24, 2.45) is 0 Å². The van der Waals surface area contributed by atoms with Gasteiger partial charge in [-0.1, -0.05) is 18.2 Å². The minimum absolute atomic E-state index is 0.0593. The SMILES string of the molecule is O=S(=O)=CN(CCc1ccccn1)CC1(c2cc3c(Nc4ccc(OCc5cccc(F)c5)c(Br)c4)ncnc3cc2F)CC=CO1. The fourth-order valence-corrected chi connectivity index (χ4v) is 6.31. The Hall–Kier alpha value is -4.72. The number of anilines is 2. The Morgan fingerprint density at radius 1 is 1.04 bits per heavy atom. The van der Waals surface area contributed by atoms with Gasteiger partial charge in [-0.05, 0) is 76.1 Å². The first-order chi connectivity index (χ1) is 22.8. The Kier molecular flexibility index (Phi) is 9.85. The fourth-order valence-electron chi connectivity index (χ4n) is 5.39. The van der Waals surface area contributed by atoms with Crippen LogP contribution >= 0.6 is 15.9 Å². The van der Waals surface area contributed by atoms with Crippen LogP contribution in [-0.4, -0.2) is 46.9 Å². The van der Waals surface area contributed by atoms with Gasteiger partial charge in [0.2, 0.25) is 10.3 Å². The minimum Gasteiger partial charge on any atom is -0.489 e. The van der Waals surface area contributed by atoms with Crippen molar-refractivity contribution in [2.45, 2.75) is 25.0 Å². The predicted octanol–water partition coefficient (Wildman–Crippen LogP) is 6.70. The van der Waals surface area contributed by atoms with Crippen LogP contribution < -0.4 is 10.1 Å². The molecular formula is C34H28BrF2N5O4S. The highest BCUT2D eigenvalue weighted by molar-refractivity contribution is 9.10. The zero-order valence-electron chi connectivity index (χ0n) is 24.8. The van der Waals surface area contributed by atoms with Crippen LogP contribution in [0.1, 0.15) is 23.2 Å². The number of rotatable bonds is 12. The Balaban J connectivity index is 1.27. The highest BCUT2D eigenvalue weighted by atomic mass is 79.9. The van der Waals surface area contributed by atoms with E-state index in [9.17, 15) is 12.8 Å². The molecule has 1 unspecified atom stereocenters. The molecule has 1 aliphatic heterocycles. The molecular weight excluding hydrogens is 692 g/mol. The van der Waals surface area contributed by atoms with Gasteiger partial charge in [-0.25, -0.2) is 18.7 Å². The van der Waals surface area contributed by atoms with Gasteiger partial charge in [0, 0.05) is 60.5 Å². The minimum atomic E-state index is -2.50. The van der Waals surface area contributed by atoms with E-state index in [2.05, 4.69) is 36.2 Å². The highest BCUT2D eigenvalue weighted by Gasteiger charge is 2.40. The van der Waals surface area contributed by atoms with Crippen LogP contribution in [0.15, 0.2) is 102 Å². The lowest BCUT2D eigenvalue weighted by molar-refractivity contribution is 0.0191. The zero-order valence-corrected chi connectivity index (χ0v) is 27.2. The van der Waals surface area contributed by atoms with E-state index in [1.807, 2.05) is 24.3 Å². The molecule has 47 heavy (non-hydrogen) atoms. The van der Waals surface area contributed by atoms with Crippen molar-refractivity contribution in [2.75, 3.05) is 18.4 Å². The standard InChI is InChI=1S/C34H28BrF2N5O4S/c35-29-16-26(8-9-32(29)45-19-23-5-3-6-24(36)15-23)41-33-27-17-28(30(37)18-31(27)39-21-40-33)34(11-4-14-46-34)20-42(22-47(43)44)13-10-25-7-1-2-12-38-25/h1-9,12,14-18,21-22H,10-11,13,19-20H2,(H,39,40,41). The second-order valence-corrected chi connectivity index (χ2v) is 12.4. The van der Waals surface area contributed by atoms with Gasteiger partial charge < -0.3 is 14.8 Å². The number of pyridine rings is 1. The molecule has 240 valence electrons. The molecule has 0 spiro atoms. The van der Waals surface area contributed by atoms with Crippen LogP contribution in [0.3, 0.4) is 0 Å². The van der Waals surface area contributed by atoms with Crippen LogP contribution in [0, 0.1) is 11.6 Å². The Morgan fingerprint density at radius 2 is 1.94 bits per heavy atom. The lowest BCUT2D eigenvalue weighted by atomic mass is 9.89. The third-order valence-corrected chi connectivity index (χ3v) is 8.70. The van der Waals surface area contributed by atoms with E-state index in [1.165, 1.54) is 30.8 Å². The van der Waals surface area contributed by atoms with Gasteiger partial charge >= 0.3 is 0 Å². The molecule has 1 aliphatic rings. The molecule has 9 nitrogen and oxygen atoms in total. The largest absolute Gasteiger partial charge is 0.489 e. The summed E-state index contributed by atoms with van der Waals surface area (Å²) in [4.78, 5) is 14.6. The second-order valence-electron chi connectivity index (χ2n) is 10.9. The number of ether oxygens (including phenoxy) is 2. The molecule has 0 saturated heterocycles. The highest BCUT2D eigenvalue weighted by Crippen LogP contribution is 2.40. The van der Waals surface area contributed by atoms with E-state index >= 15 is 4.39 Å². The maximum atomic E-state index is 15.9. The maximum Gasteiger partial charge on any atom is 0.225 e. The molecule has 0 bridgehead atoms. The second kappa shape index (κ2) is 14.4. The summed E-state index contributed by atoms with van der Waals surface area (Å²) in [6, 6.07) is 20.1. The molecule has 0 fully saturated rings. The van der Waals surface area contributed by atoms with Gasteiger partial charge in [-0.3, -0.25) is 9.88 Å². The smallest absolute Gasteiger partial charge is 0.225 e. The first-order valence-corrected chi connectivity index (χ1v) is 16.5. The van der Waals surface area contributed by atoms with E-state index in [-0.39, 0.29) is 24.5 Å². The number of nitrogens with zero attached hydrogens (tertiary/aromatic N) is 4. The van der Waals surface area contributed by atoms with Gasteiger partial charge in [0.25, 0.3) is 0 Å². The summed E-state index contributed by atoms with van der Waals surface area (Å²) >= 11 is 3.54. The fraction of sp³-hybridized carbons (Fsp3) is 0.176. The summed E-state index contributed by atoms with van der Waals surface area (Å²) in [6.07, 6.45) is 7.10. The third-order valence-electron chi connectivity index (χ3n) is 7.61. The number of fused-ring (bicyclic) bond motifs is 1. The van der Waals surface area contributed by atoms with Crippen LogP contribution in [0.25, 0.3) is 10.9 Å². The van der Waals surface area contributed by atoms with Crippen molar-refractivity contribution < 1.29 is 26.7 Å². The average Bonchev–Trinajstić information content (AvgIpc) is 3.52. The molecule has 5 aromatic rings. The topological polar surface area (TPSA) is 107 Å². The number of aromatic nitrogens is 3. The number of hydrogen-bond acceptors (Lipinski definition) is 8. The molecule has 1 atom stereocenters. The van der Waals surface area contributed by atoms with Crippen molar-refractivity contribution in [1.29, 1.82) is 0 Å². The lowest BCUT2D eigenvalue weighted by Gasteiger charge is -2.33. The van der Waals surface area contributed by atoms with E-state index in [0.29, 0.717) is 57.6 Å². The van der Waals surface area contributed by atoms with Gasteiger partial charge in [-0.2, -0.15) is 8.42 Å². The van der Waals surface area contributed by atoms with E-state index in [1.54, 1.807) is 47.5 Å². The summed E-state index contributed by atoms with van der Waals surface area (Å²) in [7, 11) is -2.50. The number of hydrogen-bond donors (Lipinski definition) is 1. The van der Waals surface area contributed by atoms with Crippen molar-refractivity contribution in [3.63, 3.8) is 0 Å². The number of nitrogens with one attached hydrogen (secondary N) is 1. The molecule has 6 rings (SSSR count). The molecule has 3 heterocycles. The van der Waals surface area contributed by atoms with E-state index < -0.39 is 21.7 Å². The van der Waals surface area contributed by atoms with Crippen LogP contribution in [0.2, 0.25) is 0 Å². The molecule has 0 saturated carbocycles. The maximum absolute atomic E-state index is 15.9. The van der Waals surface area contributed by atoms with Crippen LogP contribution in [0.4, 0.5) is 20.3 Å². The molecule has 0 aliphatic carbocycles.